The zero-order valence-electron chi connectivity index (χ0n) is 9.99. The normalized spacial score (nSPS) is 17.8. The topological polar surface area (TPSA) is 30.2 Å². The highest BCUT2D eigenvalue weighted by molar-refractivity contribution is 6.29. The predicted octanol–water partition coefficient (Wildman–Crippen LogP) is 3.74. The number of aryl methyl sites for hydroxylation is 1. The van der Waals surface area contributed by atoms with Gasteiger partial charge in [0.25, 0.3) is 0 Å². The molecule has 0 bridgehead atoms. The van der Waals surface area contributed by atoms with Crippen LogP contribution in [-0.2, 0) is 0 Å². The molecule has 0 atom stereocenters. The Kier molecular flexibility index (Phi) is 2.79. The minimum Gasteiger partial charge on any atom is -0.233 e. The van der Waals surface area contributed by atoms with Gasteiger partial charge in [0.2, 0.25) is 0 Å². The van der Waals surface area contributed by atoms with E-state index in [9.17, 15) is 0 Å². The number of hydrogen-bond donors (Lipinski definition) is 0. The molecule has 90 valence electrons. The van der Waals surface area contributed by atoms with Crippen LogP contribution in [0.15, 0.2) is 12.3 Å². The quantitative estimate of drug-likeness (QED) is 0.721. The van der Waals surface area contributed by atoms with Gasteiger partial charge in [-0.1, -0.05) is 30.9 Å². The fourth-order valence-corrected chi connectivity index (χ4v) is 2.90. The molecule has 3 nitrogen and oxygen atoms in total. The smallest absolute Gasteiger partial charge is 0.159 e. The van der Waals surface area contributed by atoms with E-state index < -0.39 is 0 Å². The predicted molar refractivity (Wildman–Crippen MR) is 68.6 cm³/mol. The van der Waals surface area contributed by atoms with Gasteiger partial charge < -0.3 is 0 Å². The lowest BCUT2D eigenvalue weighted by Gasteiger charge is -2.21. The van der Waals surface area contributed by atoms with E-state index >= 15 is 0 Å². The van der Waals surface area contributed by atoms with E-state index in [2.05, 4.69) is 5.10 Å². The van der Waals surface area contributed by atoms with Gasteiger partial charge in [0.05, 0.1) is 6.20 Å². The van der Waals surface area contributed by atoms with Gasteiger partial charge in [-0.25, -0.2) is 9.50 Å². The lowest BCUT2D eigenvalue weighted by Crippen LogP contribution is -2.08. The Labute approximate surface area is 106 Å². The Balaban J connectivity index is 2.07. The first kappa shape index (κ1) is 11.0. The minimum absolute atomic E-state index is 0.584. The molecule has 1 aliphatic carbocycles. The zero-order chi connectivity index (χ0) is 11.8. The van der Waals surface area contributed by atoms with Crippen molar-refractivity contribution in [2.45, 2.75) is 44.9 Å². The summed E-state index contributed by atoms with van der Waals surface area (Å²) in [6.45, 7) is 2.02. The van der Waals surface area contributed by atoms with Crippen molar-refractivity contribution in [3.8, 4) is 0 Å². The lowest BCUT2D eigenvalue weighted by molar-refractivity contribution is 0.436. The van der Waals surface area contributed by atoms with E-state index in [1.54, 1.807) is 4.52 Å². The summed E-state index contributed by atoms with van der Waals surface area (Å²) in [5, 5.41) is 4.90. The summed E-state index contributed by atoms with van der Waals surface area (Å²) in [6.07, 6.45) is 8.29. The van der Waals surface area contributed by atoms with E-state index in [1.165, 1.54) is 32.1 Å². The molecule has 3 rings (SSSR count). The van der Waals surface area contributed by atoms with Crippen LogP contribution in [0.1, 0.15) is 49.3 Å². The fourth-order valence-electron chi connectivity index (χ4n) is 2.66. The number of aromatic nitrogens is 3. The van der Waals surface area contributed by atoms with Gasteiger partial charge in [-0.2, -0.15) is 5.10 Å². The van der Waals surface area contributed by atoms with Crippen LogP contribution in [-0.4, -0.2) is 14.6 Å². The molecule has 0 N–H and O–H groups in total. The molecular formula is C13H16ClN3. The summed E-state index contributed by atoms with van der Waals surface area (Å²) in [6, 6.07) is 1.98. The SMILES string of the molecule is Cc1cnn2c(Cl)cc(C3CCCCC3)nc12. The first-order valence-electron chi connectivity index (χ1n) is 6.26. The zero-order valence-corrected chi connectivity index (χ0v) is 10.7. The average molecular weight is 250 g/mol. The maximum Gasteiger partial charge on any atom is 0.159 e. The van der Waals surface area contributed by atoms with Crippen LogP contribution in [0.4, 0.5) is 0 Å². The molecule has 0 aliphatic heterocycles. The van der Waals surface area contributed by atoms with Crippen molar-refractivity contribution in [1.29, 1.82) is 0 Å². The summed E-state index contributed by atoms with van der Waals surface area (Å²) in [5.41, 5.74) is 3.13. The largest absolute Gasteiger partial charge is 0.233 e. The first-order chi connectivity index (χ1) is 8.25. The molecule has 2 aromatic rings. The van der Waals surface area contributed by atoms with Gasteiger partial charge in [0, 0.05) is 17.2 Å². The molecule has 1 saturated carbocycles. The van der Waals surface area contributed by atoms with Crippen LogP contribution in [0.25, 0.3) is 5.65 Å². The van der Waals surface area contributed by atoms with Crippen molar-refractivity contribution in [2.75, 3.05) is 0 Å². The maximum atomic E-state index is 6.26. The van der Waals surface area contributed by atoms with Gasteiger partial charge in [-0.3, -0.25) is 0 Å². The second kappa shape index (κ2) is 4.30. The average Bonchev–Trinajstić information content (AvgIpc) is 2.73. The van der Waals surface area contributed by atoms with Crippen molar-refractivity contribution >= 4 is 17.2 Å². The molecule has 0 saturated heterocycles. The Bertz CT molecular complexity index is 541. The minimum atomic E-state index is 0.584. The van der Waals surface area contributed by atoms with E-state index in [0.29, 0.717) is 11.1 Å². The van der Waals surface area contributed by atoms with Crippen molar-refractivity contribution in [1.82, 2.24) is 14.6 Å². The van der Waals surface area contributed by atoms with E-state index in [0.717, 1.165) is 16.9 Å². The van der Waals surface area contributed by atoms with Gasteiger partial charge >= 0.3 is 0 Å². The van der Waals surface area contributed by atoms with Crippen LogP contribution >= 0.6 is 11.6 Å². The molecule has 2 heterocycles. The van der Waals surface area contributed by atoms with Crippen LogP contribution in [0.5, 0.6) is 0 Å². The molecule has 0 aromatic carbocycles. The Morgan fingerprint density at radius 3 is 2.82 bits per heavy atom. The van der Waals surface area contributed by atoms with E-state index in [1.807, 2.05) is 19.2 Å². The third-order valence-corrected chi connectivity index (χ3v) is 3.92. The highest BCUT2D eigenvalue weighted by atomic mass is 35.5. The van der Waals surface area contributed by atoms with Gasteiger partial charge in [0.1, 0.15) is 5.15 Å². The Morgan fingerprint density at radius 1 is 1.29 bits per heavy atom. The lowest BCUT2D eigenvalue weighted by atomic mass is 9.87. The summed E-state index contributed by atoms with van der Waals surface area (Å²) >= 11 is 6.26. The number of hydrogen-bond acceptors (Lipinski definition) is 2. The molecule has 0 unspecified atom stereocenters. The van der Waals surface area contributed by atoms with Crippen LogP contribution < -0.4 is 0 Å². The first-order valence-corrected chi connectivity index (χ1v) is 6.64. The van der Waals surface area contributed by atoms with Crippen molar-refractivity contribution in [3.05, 3.63) is 28.7 Å². The molecule has 0 spiro atoms. The number of halogens is 1. The molecule has 0 radical (unpaired) electrons. The Morgan fingerprint density at radius 2 is 2.06 bits per heavy atom. The summed E-state index contributed by atoms with van der Waals surface area (Å²) in [4.78, 5) is 4.74. The van der Waals surface area contributed by atoms with Crippen molar-refractivity contribution in [3.63, 3.8) is 0 Å². The number of fused-ring (bicyclic) bond motifs is 1. The summed E-state index contributed by atoms with van der Waals surface area (Å²) < 4.78 is 1.71. The van der Waals surface area contributed by atoms with Gasteiger partial charge in [0.15, 0.2) is 5.65 Å². The monoisotopic (exact) mass is 249 g/mol. The summed E-state index contributed by atoms with van der Waals surface area (Å²) in [5.74, 6) is 0.584. The third kappa shape index (κ3) is 1.93. The molecule has 2 aromatic heterocycles. The molecule has 0 amide bonds. The Hall–Kier alpha value is -1.09. The van der Waals surface area contributed by atoms with Gasteiger partial charge in [-0.15, -0.1) is 0 Å². The second-order valence-electron chi connectivity index (χ2n) is 4.90. The van der Waals surface area contributed by atoms with Crippen molar-refractivity contribution < 1.29 is 0 Å². The third-order valence-electron chi connectivity index (χ3n) is 3.65. The molecule has 17 heavy (non-hydrogen) atoms. The molecular weight excluding hydrogens is 234 g/mol. The molecule has 4 heteroatoms. The van der Waals surface area contributed by atoms with E-state index in [-0.39, 0.29) is 0 Å². The van der Waals surface area contributed by atoms with Crippen LogP contribution in [0.2, 0.25) is 5.15 Å². The second-order valence-corrected chi connectivity index (χ2v) is 5.29. The van der Waals surface area contributed by atoms with Crippen LogP contribution in [0, 0.1) is 6.92 Å². The highest BCUT2D eigenvalue weighted by Gasteiger charge is 2.19. The molecule has 1 aliphatic rings. The highest BCUT2D eigenvalue weighted by Crippen LogP contribution is 2.33. The maximum absolute atomic E-state index is 6.26. The van der Waals surface area contributed by atoms with Crippen LogP contribution in [0.3, 0.4) is 0 Å². The number of nitrogens with zero attached hydrogens (tertiary/aromatic N) is 3. The van der Waals surface area contributed by atoms with Gasteiger partial charge in [-0.05, 0) is 25.8 Å². The number of rotatable bonds is 1. The standard InChI is InChI=1S/C13H16ClN3/c1-9-8-15-17-12(14)7-11(16-13(9)17)10-5-3-2-4-6-10/h7-8,10H,2-6H2,1H3. The van der Waals surface area contributed by atoms with E-state index in [4.69, 9.17) is 16.6 Å². The van der Waals surface area contributed by atoms with Crippen molar-refractivity contribution in [2.24, 2.45) is 0 Å². The molecule has 1 fully saturated rings. The fraction of sp³-hybridized carbons (Fsp3) is 0.538. The summed E-state index contributed by atoms with van der Waals surface area (Å²) in [7, 11) is 0.